The molecule has 2 aromatic rings. The Hall–Kier alpha value is -2.76. The number of aromatic nitrogens is 1. The van der Waals surface area contributed by atoms with Gasteiger partial charge in [-0.2, -0.15) is 0 Å². The van der Waals surface area contributed by atoms with Gasteiger partial charge in [-0.3, -0.25) is 4.79 Å². The minimum Gasteiger partial charge on any atom is -0.494 e. The third-order valence-corrected chi connectivity index (χ3v) is 4.12. The Morgan fingerprint density at radius 3 is 2.88 bits per heavy atom. The van der Waals surface area contributed by atoms with E-state index in [1.165, 1.54) is 0 Å². The van der Waals surface area contributed by atoms with Gasteiger partial charge in [0.1, 0.15) is 23.2 Å². The number of nitrogens with zero attached hydrogens (tertiary/aromatic N) is 1. The number of rotatable bonds is 7. The Bertz CT molecular complexity index is 791. The topological polar surface area (TPSA) is 69.7 Å². The van der Waals surface area contributed by atoms with Crippen LogP contribution >= 0.6 is 0 Å². The average Bonchev–Trinajstić information content (AvgIpc) is 2.99. The van der Waals surface area contributed by atoms with Crippen LogP contribution in [0.1, 0.15) is 42.3 Å². The molecule has 1 amide bonds. The highest BCUT2D eigenvalue weighted by molar-refractivity contribution is 5.96. The van der Waals surface area contributed by atoms with Gasteiger partial charge in [-0.05, 0) is 45.0 Å². The second-order valence-electron chi connectivity index (χ2n) is 6.11. The molecule has 0 fully saturated rings. The van der Waals surface area contributed by atoms with Crippen molar-refractivity contribution in [3.05, 3.63) is 47.2 Å². The Morgan fingerprint density at radius 2 is 2.12 bits per heavy atom. The highest BCUT2D eigenvalue weighted by Crippen LogP contribution is 2.35. The first-order valence-electron chi connectivity index (χ1n) is 8.93. The maximum absolute atomic E-state index is 12.6. The van der Waals surface area contributed by atoms with E-state index in [1.54, 1.807) is 18.3 Å². The summed E-state index contributed by atoms with van der Waals surface area (Å²) in [5, 5.41) is 2.92. The van der Waals surface area contributed by atoms with E-state index in [2.05, 4.69) is 10.3 Å². The van der Waals surface area contributed by atoms with Gasteiger partial charge in [0.25, 0.3) is 5.91 Å². The first kappa shape index (κ1) is 18.0. The molecular formula is C20H24N2O4. The number of fused-ring (bicyclic) bond motifs is 1. The van der Waals surface area contributed by atoms with Gasteiger partial charge < -0.3 is 19.5 Å². The summed E-state index contributed by atoms with van der Waals surface area (Å²) in [5.41, 5.74) is 2.44. The van der Waals surface area contributed by atoms with Crippen LogP contribution in [-0.2, 0) is 13.0 Å². The zero-order chi connectivity index (χ0) is 18.5. The van der Waals surface area contributed by atoms with Crippen LogP contribution in [-0.4, -0.2) is 30.2 Å². The molecule has 0 spiro atoms. The predicted octanol–water partition coefficient (Wildman–Crippen LogP) is 3.13. The standard InChI is InChI=1S/C20H24N2O4/c1-4-24-17-10-14-9-13(3)26-18(14)11-15(17)12-22-19(23)16-7-6-8-21-20(16)25-5-2/h6-8,10-11,13H,4-5,9,12H2,1-3H3,(H,22,23). The molecule has 1 unspecified atom stereocenters. The van der Waals surface area contributed by atoms with Gasteiger partial charge in [0.15, 0.2) is 0 Å². The van der Waals surface area contributed by atoms with E-state index in [0.717, 1.165) is 29.0 Å². The second kappa shape index (κ2) is 8.08. The first-order valence-corrected chi connectivity index (χ1v) is 8.93. The van der Waals surface area contributed by atoms with Crippen molar-refractivity contribution in [1.29, 1.82) is 0 Å². The molecule has 6 heteroatoms. The number of ether oxygens (including phenoxy) is 3. The van der Waals surface area contributed by atoms with Crippen LogP contribution in [0.3, 0.4) is 0 Å². The Balaban J connectivity index is 1.77. The van der Waals surface area contributed by atoms with E-state index >= 15 is 0 Å². The molecule has 0 radical (unpaired) electrons. The van der Waals surface area contributed by atoms with Crippen molar-refractivity contribution >= 4 is 5.91 Å². The fourth-order valence-corrected chi connectivity index (χ4v) is 3.00. The van der Waals surface area contributed by atoms with Crippen LogP contribution in [0.4, 0.5) is 0 Å². The van der Waals surface area contributed by atoms with Crippen LogP contribution in [0.25, 0.3) is 0 Å². The molecule has 1 aromatic heterocycles. The fraction of sp³-hybridized carbons (Fsp3) is 0.400. The highest BCUT2D eigenvalue weighted by Gasteiger charge is 2.22. The monoisotopic (exact) mass is 356 g/mol. The Labute approximate surface area is 153 Å². The van der Waals surface area contributed by atoms with Crippen molar-refractivity contribution in [3.63, 3.8) is 0 Å². The normalized spacial score (nSPS) is 15.1. The minimum absolute atomic E-state index is 0.161. The number of nitrogens with one attached hydrogen (secondary N) is 1. The number of benzene rings is 1. The van der Waals surface area contributed by atoms with E-state index < -0.39 is 0 Å². The molecule has 1 aliphatic heterocycles. The average molecular weight is 356 g/mol. The number of hydrogen-bond donors (Lipinski definition) is 1. The molecule has 0 aliphatic carbocycles. The number of pyridine rings is 1. The van der Waals surface area contributed by atoms with Crippen LogP contribution in [0.15, 0.2) is 30.5 Å². The van der Waals surface area contributed by atoms with E-state index in [4.69, 9.17) is 14.2 Å². The highest BCUT2D eigenvalue weighted by atomic mass is 16.5. The van der Waals surface area contributed by atoms with E-state index in [0.29, 0.717) is 31.2 Å². The summed E-state index contributed by atoms with van der Waals surface area (Å²) in [5.74, 6) is 1.74. The number of carbonyl (C=O) groups excluding carboxylic acids is 1. The zero-order valence-electron chi connectivity index (χ0n) is 15.4. The number of carbonyl (C=O) groups is 1. The lowest BCUT2D eigenvalue weighted by Crippen LogP contribution is -2.24. The minimum atomic E-state index is -0.237. The third kappa shape index (κ3) is 3.90. The molecule has 1 aromatic carbocycles. The van der Waals surface area contributed by atoms with Crippen molar-refractivity contribution < 1.29 is 19.0 Å². The summed E-state index contributed by atoms with van der Waals surface area (Å²) in [6, 6.07) is 7.38. The van der Waals surface area contributed by atoms with Crippen molar-refractivity contribution in [3.8, 4) is 17.4 Å². The molecule has 1 atom stereocenters. The van der Waals surface area contributed by atoms with E-state index in [-0.39, 0.29) is 12.0 Å². The third-order valence-electron chi connectivity index (χ3n) is 4.12. The first-order chi connectivity index (χ1) is 12.6. The van der Waals surface area contributed by atoms with E-state index in [1.807, 2.05) is 32.9 Å². The molecule has 1 aliphatic rings. The molecule has 3 rings (SSSR count). The molecule has 26 heavy (non-hydrogen) atoms. The van der Waals surface area contributed by atoms with Crippen LogP contribution < -0.4 is 19.5 Å². The molecule has 6 nitrogen and oxygen atoms in total. The maximum Gasteiger partial charge on any atom is 0.257 e. The molecule has 138 valence electrons. The SMILES string of the molecule is CCOc1cc2c(cc1CNC(=O)c1cccnc1OCC)OC(C)C2. The Morgan fingerprint density at radius 1 is 1.31 bits per heavy atom. The summed E-state index contributed by atoms with van der Waals surface area (Å²) in [4.78, 5) is 16.7. The maximum atomic E-state index is 12.6. The summed E-state index contributed by atoms with van der Waals surface area (Å²) in [6.07, 6.45) is 2.64. The second-order valence-corrected chi connectivity index (χ2v) is 6.11. The van der Waals surface area contributed by atoms with Crippen LogP contribution in [0, 0.1) is 0 Å². The van der Waals surface area contributed by atoms with Crippen LogP contribution in [0.2, 0.25) is 0 Å². The largest absolute Gasteiger partial charge is 0.494 e. The quantitative estimate of drug-likeness (QED) is 0.825. The molecule has 0 saturated heterocycles. The predicted molar refractivity (Wildman–Crippen MR) is 98.0 cm³/mol. The number of hydrogen-bond acceptors (Lipinski definition) is 5. The van der Waals surface area contributed by atoms with Crippen molar-refractivity contribution in [2.24, 2.45) is 0 Å². The zero-order valence-corrected chi connectivity index (χ0v) is 15.4. The molecule has 1 N–H and O–H groups in total. The van der Waals surface area contributed by atoms with Gasteiger partial charge in [-0.25, -0.2) is 4.98 Å². The summed E-state index contributed by atoms with van der Waals surface area (Å²) in [7, 11) is 0. The lowest BCUT2D eigenvalue weighted by Gasteiger charge is -2.14. The molecule has 2 heterocycles. The summed E-state index contributed by atoms with van der Waals surface area (Å²) in [6.45, 7) is 7.19. The Kier molecular flexibility index (Phi) is 5.61. The van der Waals surface area contributed by atoms with Crippen molar-refractivity contribution in [1.82, 2.24) is 10.3 Å². The van der Waals surface area contributed by atoms with Crippen LogP contribution in [0.5, 0.6) is 17.4 Å². The van der Waals surface area contributed by atoms with Crippen molar-refractivity contribution in [2.45, 2.75) is 39.8 Å². The molecular weight excluding hydrogens is 332 g/mol. The molecule has 0 saturated carbocycles. The number of amides is 1. The van der Waals surface area contributed by atoms with Crippen molar-refractivity contribution in [2.75, 3.05) is 13.2 Å². The van der Waals surface area contributed by atoms with Gasteiger partial charge in [0, 0.05) is 30.3 Å². The summed E-state index contributed by atoms with van der Waals surface area (Å²) < 4.78 is 17.0. The van der Waals surface area contributed by atoms with Gasteiger partial charge >= 0.3 is 0 Å². The smallest absolute Gasteiger partial charge is 0.257 e. The lowest BCUT2D eigenvalue weighted by molar-refractivity contribution is 0.0946. The van der Waals surface area contributed by atoms with Gasteiger partial charge in [-0.15, -0.1) is 0 Å². The van der Waals surface area contributed by atoms with Gasteiger partial charge in [0.2, 0.25) is 5.88 Å². The van der Waals surface area contributed by atoms with Gasteiger partial charge in [0.05, 0.1) is 13.2 Å². The van der Waals surface area contributed by atoms with E-state index in [9.17, 15) is 4.79 Å². The lowest BCUT2D eigenvalue weighted by atomic mass is 10.1. The summed E-state index contributed by atoms with van der Waals surface area (Å²) >= 11 is 0. The van der Waals surface area contributed by atoms with Gasteiger partial charge in [-0.1, -0.05) is 0 Å². The fourth-order valence-electron chi connectivity index (χ4n) is 3.00. The molecule has 0 bridgehead atoms.